The SMILES string of the molecule is Cc1nc(C(=O)N2CCC(C(=O)NC(CC=N)c3ccccc3)CC2)cs1. The molecule has 1 aromatic carbocycles. The summed E-state index contributed by atoms with van der Waals surface area (Å²) >= 11 is 1.47. The number of hydrogen-bond acceptors (Lipinski definition) is 5. The normalized spacial score (nSPS) is 16.0. The highest BCUT2D eigenvalue weighted by atomic mass is 32.1. The third kappa shape index (κ3) is 4.80. The topological polar surface area (TPSA) is 86.2 Å². The van der Waals surface area contributed by atoms with Crippen molar-refractivity contribution in [3.63, 3.8) is 0 Å². The molecular weight excluding hydrogens is 360 g/mol. The van der Waals surface area contributed by atoms with Gasteiger partial charge in [0.05, 0.1) is 11.0 Å². The van der Waals surface area contributed by atoms with Crippen LogP contribution in [-0.4, -0.2) is 41.0 Å². The molecule has 1 fully saturated rings. The maximum absolute atomic E-state index is 12.7. The van der Waals surface area contributed by atoms with Crippen LogP contribution in [-0.2, 0) is 4.79 Å². The second-order valence-corrected chi connectivity index (χ2v) is 7.79. The van der Waals surface area contributed by atoms with Crippen molar-refractivity contribution >= 4 is 29.4 Å². The van der Waals surface area contributed by atoms with E-state index in [4.69, 9.17) is 5.41 Å². The molecule has 1 atom stereocenters. The molecule has 2 amide bonds. The summed E-state index contributed by atoms with van der Waals surface area (Å²) in [6, 6.07) is 9.54. The molecule has 0 saturated carbocycles. The molecule has 1 aromatic heterocycles. The highest BCUT2D eigenvalue weighted by Gasteiger charge is 2.29. The first-order valence-corrected chi connectivity index (χ1v) is 10.0. The number of likely N-dealkylation sites (tertiary alicyclic amines) is 1. The molecule has 27 heavy (non-hydrogen) atoms. The van der Waals surface area contributed by atoms with E-state index in [0.717, 1.165) is 10.6 Å². The standard InChI is InChI=1S/C20H24N4O2S/c1-14-22-18(13-27-14)20(26)24-11-8-16(9-12-24)19(25)23-17(7-10-21)15-5-3-2-4-6-15/h2-6,10,13,16-17,21H,7-9,11-12H2,1H3,(H,23,25). The zero-order valence-electron chi connectivity index (χ0n) is 15.4. The van der Waals surface area contributed by atoms with Gasteiger partial charge in [-0.15, -0.1) is 11.3 Å². The maximum Gasteiger partial charge on any atom is 0.273 e. The van der Waals surface area contributed by atoms with Gasteiger partial charge in [0.15, 0.2) is 0 Å². The smallest absolute Gasteiger partial charge is 0.273 e. The number of benzene rings is 1. The van der Waals surface area contributed by atoms with E-state index in [-0.39, 0.29) is 23.8 Å². The molecule has 142 valence electrons. The Morgan fingerprint density at radius 2 is 2.04 bits per heavy atom. The summed E-state index contributed by atoms with van der Waals surface area (Å²) in [5.41, 5.74) is 1.50. The molecule has 0 radical (unpaired) electrons. The van der Waals surface area contributed by atoms with E-state index in [0.29, 0.717) is 38.0 Å². The number of hydrogen-bond donors (Lipinski definition) is 2. The van der Waals surface area contributed by atoms with Crippen molar-refractivity contribution in [3.8, 4) is 0 Å². The minimum Gasteiger partial charge on any atom is -0.349 e. The van der Waals surface area contributed by atoms with E-state index in [1.165, 1.54) is 17.6 Å². The van der Waals surface area contributed by atoms with E-state index in [2.05, 4.69) is 10.3 Å². The van der Waals surface area contributed by atoms with Gasteiger partial charge in [0.1, 0.15) is 5.69 Å². The van der Waals surface area contributed by atoms with E-state index in [9.17, 15) is 9.59 Å². The fourth-order valence-corrected chi connectivity index (χ4v) is 3.93. The first-order chi connectivity index (χ1) is 13.1. The second-order valence-electron chi connectivity index (χ2n) is 6.73. The van der Waals surface area contributed by atoms with E-state index < -0.39 is 0 Å². The minimum absolute atomic E-state index is 0.00213. The Balaban J connectivity index is 1.56. The summed E-state index contributed by atoms with van der Waals surface area (Å²) in [7, 11) is 0. The Hall–Kier alpha value is -2.54. The summed E-state index contributed by atoms with van der Waals surface area (Å²) in [5.74, 6) is -0.158. The monoisotopic (exact) mass is 384 g/mol. The lowest BCUT2D eigenvalue weighted by molar-refractivity contribution is -0.127. The Morgan fingerprint density at radius 3 is 2.63 bits per heavy atom. The Kier molecular flexibility index (Phi) is 6.34. The molecule has 1 aliphatic heterocycles. The van der Waals surface area contributed by atoms with Crippen molar-refractivity contribution in [1.82, 2.24) is 15.2 Å². The lowest BCUT2D eigenvalue weighted by Gasteiger charge is -2.31. The third-order valence-electron chi connectivity index (χ3n) is 4.86. The summed E-state index contributed by atoms with van der Waals surface area (Å²) in [6.45, 7) is 3.01. The highest BCUT2D eigenvalue weighted by molar-refractivity contribution is 7.09. The van der Waals surface area contributed by atoms with Gasteiger partial charge in [0.2, 0.25) is 5.91 Å². The number of thiazole rings is 1. The summed E-state index contributed by atoms with van der Waals surface area (Å²) < 4.78 is 0. The van der Waals surface area contributed by atoms with Gasteiger partial charge in [-0.05, 0) is 31.5 Å². The largest absolute Gasteiger partial charge is 0.349 e. The van der Waals surface area contributed by atoms with Crippen LogP contribution in [0, 0.1) is 18.3 Å². The predicted octanol–water partition coefficient (Wildman–Crippen LogP) is 3.20. The first kappa shape index (κ1) is 19.2. The molecule has 0 bridgehead atoms. The molecule has 3 rings (SSSR count). The Morgan fingerprint density at radius 1 is 1.33 bits per heavy atom. The van der Waals surface area contributed by atoms with Crippen molar-refractivity contribution in [2.45, 2.75) is 32.2 Å². The van der Waals surface area contributed by atoms with Gasteiger partial charge in [0, 0.05) is 30.8 Å². The van der Waals surface area contributed by atoms with Gasteiger partial charge in [-0.1, -0.05) is 30.3 Å². The summed E-state index contributed by atoms with van der Waals surface area (Å²) in [4.78, 5) is 31.2. The fourth-order valence-electron chi connectivity index (χ4n) is 3.34. The van der Waals surface area contributed by atoms with Crippen LogP contribution in [0.15, 0.2) is 35.7 Å². The number of carbonyl (C=O) groups is 2. The molecule has 1 saturated heterocycles. The third-order valence-corrected chi connectivity index (χ3v) is 5.64. The van der Waals surface area contributed by atoms with E-state index >= 15 is 0 Å². The molecule has 7 heteroatoms. The van der Waals surface area contributed by atoms with Crippen LogP contribution in [0.25, 0.3) is 0 Å². The van der Waals surface area contributed by atoms with Crippen molar-refractivity contribution < 1.29 is 9.59 Å². The molecule has 2 aromatic rings. The number of aryl methyl sites for hydroxylation is 1. The molecular formula is C20H24N4O2S. The van der Waals surface area contributed by atoms with E-state index in [1.807, 2.05) is 37.3 Å². The van der Waals surface area contributed by atoms with Gasteiger partial charge < -0.3 is 15.6 Å². The lowest BCUT2D eigenvalue weighted by atomic mass is 9.94. The molecule has 1 aliphatic rings. The number of aromatic nitrogens is 1. The number of carbonyl (C=O) groups excluding carboxylic acids is 2. The van der Waals surface area contributed by atoms with Crippen LogP contribution in [0.1, 0.15) is 46.4 Å². The average Bonchev–Trinajstić information content (AvgIpc) is 3.14. The molecule has 6 nitrogen and oxygen atoms in total. The van der Waals surface area contributed by atoms with Crippen LogP contribution in [0.4, 0.5) is 0 Å². The van der Waals surface area contributed by atoms with Gasteiger partial charge in [-0.3, -0.25) is 9.59 Å². The average molecular weight is 385 g/mol. The Labute approximate surface area is 163 Å². The molecule has 2 heterocycles. The number of rotatable bonds is 6. The fraction of sp³-hybridized carbons (Fsp3) is 0.400. The summed E-state index contributed by atoms with van der Waals surface area (Å²) in [6.07, 6.45) is 3.09. The van der Waals surface area contributed by atoms with Crippen molar-refractivity contribution in [3.05, 3.63) is 52.0 Å². The van der Waals surface area contributed by atoms with Crippen LogP contribution >= 0.6 is 11.3 Å². The number of nitrogens with one attached hydrogen (secondary N) is 2. The number of nitrogens with zero attached hydrogens (tertiary/aromatic N) is 2. The van der Waals surface area contributed by atoms with Crippen LogP contribution in [0.3, 0.4) is 0 Å². The molecule has 0 spiro atoms. The quantitative estimate of drug-likeness (QED) is 0.750. The van der Waals surface area contributed by atoms with Gasteiger partial charge in [-0.2, -0.15) is 0 Å². The van der Waals surface area contributed by atoms with Crippen molar-refractivity contribution in [1.29, 1.82) is 5.41 Å². The molecule has 2 N–H and O–H groups in total. The molecule has 1 unspecified atom stereocenters. The minimum atomic E-state index is -0.186. The van der Waals surface area contributed by atoms with Gasteiger partial charge in [0.25, 0.3) is 5.91 Å². The second kappa shape index (κ2) is 8.90. The maximum atomic E-state index is 12.7. The zero-order chi connectivity index (χ0) is 19.2. The van der Waals surface area contributed by atoms with Crippen molar-refractivity contribution in [2.75, 3.05) is 13.1 Å². The van der Waals surface area contributed by atoms with Crippen LogP contribution < -0.4 is 5.32 Å². The van der Waals surface area contributed by atoms with Crippen molar-refractivity contribution in [2.24, 2.45) is 5.92 Å². The van der Waals surface area contributed by atoms with Gasteiger partial charge in [-0.25, -0.2) is 4.98 Å². The predicted molar refractivity (Wildman–Crippen MR) is 106 cm³/mol. The zero-order valence-corrected chi connectivity index (χ0v) is 16.2. The number of amides is 2. The summed E-state index contributed by atoms with van der Waals surface area (Å²) in [5, 5.41) is 13.2. The lowest BCUT2D eigenvalue weighted by Crippen LogP contribution is -2.43. The van der Waals surface area contributed by atoms with Crippen LogP contribution in [0.2, 0.25) is 0 Å². The van der Waals surface area contributed by atoms with Crippen LogP contribution in [0.5, 0.6) is 0 Å². The highest BCUT2D eigenvalue weighted by Crippen LogP contribution is 2.22. The Bertz CT molecular complexity index is 797. The number of piperidine rings is 1. The molecule has 0 aliphatic carbocycles. The van der Waals surface area contributed by atoms with Gasteiger partial charge >= 0.3 is 0 Å². The first-order valence-electron chi connectivity index (χ1n) is 9.14. The van der Waals surface area contributed by atoms with E-state index in [1.54, 1.807) is 10.3 Å².